The highest BCUT2D eigenvalue weighted by molar-refractivity contribution is 5.50. The zero-order valence-electron chi connectivity index (χ0n) is 12.2. The van der Waals surface area contributed by atoms with Crippen molar-refractivity contribution in [2.24, 2.45) is 0 Å². The molecule has 21 heavy (non-hydrogen) atoms. The summed E-state index contributed by atoms with van der Waals surface area (Å²) in [5, 5.41) is 8.92. The highest BCUT2D eigenvalue weighted by atomic mass is 15.2. The number of hydrogen-bond acceptors (Lipinski definition) is 2. The third-order valence-corrected chi connectivity index (χ3v) is 4.22. The topological polar surface area (TPSA) is 27.0 Å². The molecule has 1 aliphatic rings. The van der Waals surface area contributed by atoms with Gasteiger partial charge < -0.3 is 4.90 Å². The minimum absolute atomic E-state index is 0.398. The first-order valence-electron chi connectivity index (χ1n) is 7.63. The molecule has 0 N–H and O–H groups in total. The Hall–Kier alpha value is -2.27. The molecule has 0 aliphatic carbocycles. The Kier molecular flexibility index (Phi) is 4.21. The van der Waals surface area contributed by atoms with Crippen LogP contribution in [0.15, 0.2) is 54.6 Å². The number of benzene rings is 2. The van der Waals surface area contributed by atoms with Crippen LogP contribution < -0.4 is 4.90 Å². The van der Waals surface area contributed by atoms with Gasteiger partial charge in [-0.05, 0) is 42.5 Å². The molecule has 2 nitrogen and oxygen atoms in total. The van der Waals surface area contributed by atoms with E-state index in [0.29, 0.717) is 12.5 Å². The van der Waals surface area contributed by atoms with Crippen molar-refractivity contribution in [3.63, 3.8) is 0 Å². The molecule has 1 heterocycles. The van der Waals surface area contributed by atoms with Gasteiger partial charge in [-0.2, -0.15) is 5.26 Å². The summed E-state index contributed by atoms with van der Waals surface area (Å²) in [6.07, 6.45) is 3.94. The smallest absolute Gasteiger partial charge is 0.0643 e. The number of anilines is 1. The summed E-state index contributed by atoms with van der Waals surface area (Å²) in [6.45, 7) is 1.07. The van der Waals surface area contributed by atoms with Gasteiger partial charge in [0.2, 0.25) is 0 Å². The van der Waals surface area contributed by atoms with Crippen LogP contribution in [-0.4, -0.2) is 12.6 Å². The van der Waals surface area contributed by atoms with Crippen LogP contribution in [0.4, 0.5) is 5.69 Å². The average molecular weight is 276 g/mol. The molecule has 1 saturated heterocycles. The first kappa shape index (κ1) is 13.7. The quantitative estimate of drug-likeness (QED) is 0.838. The summed E-state index contributed by atoms with van der Waals surface area (Å²) in [4.78, 5) is 2.38. The zero-order valence-corrected chi connectivity index (χ0v) is 12.2. The van der Waals surface area contributed by atoms with Crippen molar-refractivity contribution < 1.29 is 0 Å². The molecule has 1 fully saturated rings. The average Bonchev–Trinajstić information content (AvgIpc) is 2.98. The molecule has 0 saturated carbocycles. The fourth-order valence-corrected chi connectivity index (χ4v) is 3.13. The Morgan fingerprint density at radius 2 is 1.71 bits per heavy atom. The predicted octanol–water partition coefficient (Wildman–Crippen LogP) is 4.16. The molecule has 0 radical (unpaired) electrons. The maximum atomic E-state index is 8.92. The van der Waals surface area contributed by atoms with Crippen LogP contribution in [0.25, 0.3) is 0 Å². The predicted molar refractivity (Wildman–Crippen MR) is 86.3 cm³/mol. The Bertz CT molecular complexity index is 610. The van der Waals surface area contributed by atoms with Crippen LogP contribution in [-0.2, 0) is 6.42 Å². The van der Waals surface area contributed by atoms with E-state index in [2.05, 4.69) is 65.6 Å². The van der Waals surface area contributed by atoms with E-state index < -0.39 is 0 Å². The monoisotopic (exact) mass is 276 g/mol. The first-order valence-corrected chi connectivity index (χ1v) is 7.63. The van der Waals surface area contributed by atoms with Gasteiger partial charge in [0, 0.05) is 18.3 Å². The van der Waals surface area contributed by atoms with Crippen molar-refractivity contribution in [3.8, 4) is 6.07 Å². The van der Waals surface area contributed by atoms with Crippen molar-refractivity contribution >= 4 is 5.69 Å². The van der Waals surface area contributed by atoms with Gasteiger partial charge in [-0.3, -0.25) is 0 Å². The van der Waals surface area contributed by atoms with E-state index in [1.807, 2.05) is 0 Å². The van der Waals surface area contributed by atoms with Gasteiger partial charge in [0.25, 0.3) is 0 Å². The standard InChI is InChI=1S/C19H20N2/c20-13-12-18-7-4-14-21(18)19-10-8-17(9-11-19)15-16-5-2-1-3-6-16/h1-3,5-6,8-11,18H,4,7,12,14-15H2. The lowest BCUT2D eigenvalue weighted by atomic mass is 10.0. The number of hydrogen-bond donors (Lipinski definition) is 0. The molecule has 2 aromatic rings. The second-order valence-electron chi connectivity index (χ2n) is 5.68. The van der Waals surface area contributed by atoms with E-state index in [4.69, 9.17) is 5.26 Å². The van der Waals surface area contributed by atoms with Gasteiger partial charge in [-0.1, -0.05) is 42.5 Å². The molecule has 0 amide bonds. The Labute approximate surface area is 126 Å². The minimum Gasteiger partial charge on any atom is -0.368 e. The van der Waals surface area contributed by atoms with Crippen LogP contribution >= 0.6 is 0 Å². The van der Waals surface area contributed by atoms with Gasteiger partial charge in [-0.25, -0.2) is 0 Å². The molecule has 1 unspecified atom stereocenters. The van der Waals surface area contributed by atoms with E-state index in [9.17, 15) is 0 Å². The summed E-state index contributed by atoms with van der Waals surface area (Å²) >= 11 is 0. The van der Waals surface area contributed by atoms with Crippen LogP contribution in [0, 0.1) is 11.3 Å². The van der Waals surface area contributed by atoms with Gasteiger partial charge in [-0.15, -0.1) is 0 Å². The van der Waals surface area contributed by atoms with E-state index in [0.717, 1.165) is 19.4 Å². The van der Waals surface area contributed by atoms with E-state index >= 15 is 0 Å². The van der Waals surface area contributed by atoms with E-state index in [1.165, 1.54) is 23.2 Å². The van der Waals surface area contributed by atoms with Crippen molar-refractivity contribution in [1.82, 2.24) is 0 Å². The van der Waals surface area contributed by atoms with E-state index in [1.54, 1.807) is 0 Å². The molecule has 1 atom stereocenters. The van der Waals surface area contributed by atoms with Gasteiger partial charge in [0.05, 0.1) is 12.5 Å². The zero-order chi connectivity index (χ0) is 14.5. The maximum Gasteiger partial charge on any atom is 0.0643 e. The molecule has 2 heteroatoms. The number of nitrogens with zero attached hydrogens (tertiary/aromatic N) is 2. The lowest BCUT2D eigenvalue weighted by Crippen LogP contribution is -2.28. The van der Waals surface area contributed by atoms with Crippen LogP contribution in [0.2, 0.25) is 0 Å². The molecule has 1 aliphatic heterocycles. The maximum absolute atomic E-state index is 8.92. The fourth-order valence-electron chi connectivity index (χ4n) is 3.13. The van der Waals surface area contributed by atoms with Crippen LogP contribution in [0.1, 0.15) is 30.4 Å². The van der Waals surface area contributed by atoms with Crippen LogP contribution in [0.3, 0.4) is 0 Å². The number of nitriles is 1. The third-order valence-electron chi connectivity index (χ3n) is 4.22. The lowest BCUT2D eigenvalue weighted by Gasteiger charge is -2.25. The Balaban J connectivity index is 1.71. The van der Waals surface area contributed by atoms with Crippen molar-refractivity contribution in [2.45, 2.75) is 31.7 Å². The Morgan fingerprint density at radius 3 is 2.43 bits per heavy atom. The van der Waals surface area contributed by atoms with Crippen molar-refractivity contribution in [2.75, 3.05) is 11.4 Å². The second kappa shape index (κ2) is 6.45. The molecule has 2 aromatic carbocycles. The SMILES string of the molecule is N#CCC1CCCN1c1ccc(Cc2ccccc2)cc1. The molecule has 0 bridgehead atoms. The highest BCUT2D eigenvalue weighted by Gasteiger charge is 2.24. The van der Waals surface area contributed by atoms with E-state index in [-0.39, 0.29) is 0 Å². The van der Waals surface area contributed by atoms with Gasteiger partial charge in [0.15, 0.2) is 0 Å². The fraction of sp³-hybridized carbons (Fsp3) is 0.316. The minimum atomic E-state index is 0.398. The van der Waals surface area contributed by atoms with Crippen molar-refractivity contribution in [1.29, 1.82) is 5.26 Å². The number of rotatable bonds is 4. The lowest BCUT2D eigenvalue weighted by molar-refractivity contribution is 0.683. The molecule has 0 aromatic heterocycles. The molecule has 3 rings (SSSR count). The van der Waals surface area contributed by atoms with Crippen molar-refractivity contribution in [3.05, 3.63) is 65.7 Å². The normalized spacial score (nSPS) is 17.7. The summed E-state index contributed by atoms with van der Waals surface area (Å²) in [5.74, 6) is 0. The summed E-state index contributed by atoms with van der Waals surface area (Å²) < 4.78 is 0. The molecule has 106 valence electrons. The molecular formula is C19H20N2. The Morgan fingerprint density at radius 1 is 1.00 bits per heavy atom. The summed E-state index contributed by atoms with van der Waals surface area (Å²) in [6, 6.07) is 22.1. The summed E-state index contributed by atoms with van der Waals surface area (Å²) in [7, 11) is 0. The highest BCUT2D eigenvalue weighted by Crippen LogP contribution is 2.27. The first-order chi connectivity index (χ1) is 10.4. The summed E-state index contributed by atoms with van der Waals surface area (Å²) in [5.41, 5.74) is 3.93. The molecule has 0 spiro atoms. The third kappa shape index (κ3) is 3.25. The second-order valence-corrected chi connectivity index (χ2v) is 5.68. The molecular weight excluding hydrogens is 256 g/mol. The van der Waals surface area contributed by atoms with Gasteiger partial charge >= 0.3 is 0 Å². The van der Waals surface area contributed by atoms with Gasteiger partial charge in [0.1, 0.15) is 0 Å². The largest absolute Gasteiger partial charge is 0.368 e. The van der Waals surface area contributed by atoms with Crippen LogP contribution in [0.5, 0.6) is 0 Å².